The normalized spacial score (nSPS) is 14.7. The highest BCUT2D eigenvalue weighted by molar-refractivity contribution is 6.43. The van der Waals surface area contributed by atoms with Crippen molar-refractivity contribution < 1.29 is 9.59 Å². The Balaban J connectivity index is 1.76. The Bertz CT molecular complexity index is 969. The summed E-state index contributed by atoms with van der Waals surface area (Å²) in [4.78, 5) is 25.6. The molecule has 1 fully saturated rings. The number of carbonyl (C=O) groups excluding carboxylic acids is 2. The third kappa shape index (κ3) is 3.13. The van der Waals surface area contributed by atoms with Crippen LogP contribution in [-0.2, 0) is 4.79 Å². The van der Waals surface area contributed by atoms with E-state index in [1.807, 2.05) is 42.6 Å². The summed E-state index contributed by atoms with van der Waals surface area (Å²) in [6.45, 7) is 0. The monoisotopic (exact) mass is 366 g/mol. The minimum absolute atomic E-state index is 0.108. The van der Waals surface area contributed by atoms with E-state index in [1.54, 1.807) is 16.5 Å². The fraction of sp³-hybridized carbons (Fsp3) is 0.238. The number of fused-ring (bicyclic) bond motifs is 1. The van der Waals surface area contributed by atoms with E-state index in [4.69, 9.17) is 11.6 Å². The lowest BCUT2D eigenvalue weighted by Gasteiger charge is -2.12. The lowest BCUT2D eigenvalue weighted by Crippen LogP contribution is -2.38. The highest BCUT2D eigenvalue weighted by atomic mass is 35.5. The number of ketones is 1. The molecule has 0 bridgehead atoms. The molecule has 1 amide bonds. The maximum Gasteiger partial charge on any atom is 0.294 e. The summed E-state index contributed by atoms with van der Waals surface area (Å²) in [6.07, 6.45) is 5.90. The van der Waals surface area contributed by atoms with Gasteiger partial charge in [-0.25, -0.2) is 0 Å². The molecule has 5 heteroatoms. The van der Waals surface area contributed by atoms with Gasteiger partial charge in [0.1, 0.15) is 5.69 Å². The van der Waals surface area contributed by atoms with Gasteiger partial charge in [-0.2, -0.15) is 0 Å². The number of pyridine rings is 1. The van der Waals surface area contributed by atoms with Crippen LogP contribution in [0.3, 0.4) is 0 Å². The fourth-order valence-corrected chi connectivity index (χ4v) is 3.76. The van der Waals surface area contributed by atoms with Gasteiger partial charge in [-0.05, 0) is 48.7 Å². The highest BCUT2D eigenvalue weighted by Gasteiger charge is 2.27. The fourth-order valence-electron chi connectivity index (χ4n) is 3.63. The van der Waals surface area contributed by atoms with Crippen LogP contribution in [0.4, 0.5) is 0 Å². The predicted molar refractivity (Wildman–Crippen MR) is 103 cm³/mol. The van der Waals surface area contributed by atoms with Gasteiger partial charge in [0.15, 0.2) is 0 Å². The van der Waals surface area contributed by atoms with Gasteiger partial charge in [0.25, 0.3) is 11.7 Å². The molecule has 0 saturated heterocycles. The molecular weight excluding hydrogens is 348 g/mol. The van der Waals surface area contributed by atoms with Crippen LogP contribution in [0.1, 0.15) is 36.2 Å². The molecule has 3 aromatic rings. The summed E-state index contributed by atoms with van der Waals surface area (Å²) in [7, 11) is 0. The van der Waals surface area contributed by atoms with Crippen LogP contribution in [0.5, 0.6) is 0 Å². The van der Waals surface area contributed by atoms with Crippen LogP contribution < -0.4 is 5.32 Å². The summed E-state index contributed by atoms with van der Waals surface area (Å²) in [5.74, 6) is -1.04. The zero-order valence-corrected chi connectivity index (χ0v) is 15.0. The highest BCUT2D eigenvalue weighted by Crippen LogP contribution is 2.29. The van der Waals surface area contributed by atoms with Gasteiger partial charge in [-0.15, -0.1) is 0 Å². The number of benzene rings is 1. The van der Waals surface area contributed by atoms with E-state index in [0.29, 0.717) is 10.7 Å². The van der Waals surface area contributed by atoms with E-state index in [-0.39, 0.29) is 6.04 Å². The van der Waals surface area contributed by atoms with Gasteiger partial charge >= 0.3 is 0 Å². The number of hydrogen-bond acceptors (Lipinski definition) is 2. The van der Waals surface area contributed by atoms with Crippen molar-refractivity contribution in [2.24, 2.45) is 0 Å². The zero-order valence-electron chi connectivity index (χ0n) is 14.2. The van der Waals surface area contributed by atoms with Crippen molar-refractivity contribution >= 4 is 28.8 Å². The zero-order chi connectivity index (χ0) is 18.1. The minimum atomic E-state index is -0.532. The van der Waals surface area contributed by atoms with Crippen LogP contribution in [-0.4, -0.2) is 22.1 Å². The summed E-state index contributed by atoms with van der Waals surface area (Å²) in [6, 6.07) is 15.0. The molecule has 1 aliphatic rings. The second-order valence-electron chi connectivity index (χ2n) is 6.69. The molecule has 26 heavy (non-hydrogen) atoms. The summed E-state index contributed by atoms with van der Waals surface area (Å²) < 4.78 is 1.78. The first kappa shape index (κ1) is 16.9. The first-order chi connectivity index (χ1) is 12.6. The number of Topliss-reactive ketones (excluding diaryl/α,β-unsaturated/α-hetero) is 1. The Kier molecular flexibility index (Phi) is 4.51. The van der Waals surface area contributed by atoms with Crippen LogP contribution >= 0.6 is 11.6 Å². The van der Waals surface area contributed by atoms with Crippen molar-refractivity contribution in [1.82, 2.24) is 9.72 Å². The van der Waals surface area contributed by atoms with Crippen molar-refractivity contribution in [2.75, 3.05) is 0 Å². The van der Waals surface area contributed by atoms with E-state index in [0.717, 1.165) is 42.3 Å². The molecule has 0 radical (unpaired) electrons. The molecular formula is C21H19ClN2O2. The molecule has 0 aliphatic heterocycles. The number of nitrogens with one attached hydrogen (secondary N) is 1. The Labute approximate surface area is 156 Å². The predicted octanol–water partition coefficient (Wildman–Crippen LogP) is 4.50. The average molecular weight is 367 g/mol. The lowest BCUT2D eigenvalue weighted by atomic mass is 10.0. The Hall–Kier alpha value is -2.59. The van der Waals surface area contributed by atoms with Crippen molar-refractivity contribution in [3.8, 4) is 11.1 Å². The van der Waals surface area contributed by atoms with E-state index >= 15 is 0 Å². The van der Waals surface area contributed by atoms with Crippen LogP contribution in [0, 0.1) is 0 Å². The van der Waals surface area contributed by atoms with Crippen LogP contribution in [0.15, 0.2) is 54.7 Å². The number of nitrogens with zero attached hydrogens (tertiary/aromatic N) is 1. The Morgan fingerprint density at radius 2 is 1.77 bits per heavy atom. The molecule has 2 aromatic heterocycles. The second-order valence-corrected chi connectivity index (χ2v) is 7.13. The number of rotatable bonds is 4. The smallest absolute Gasteiger partial charge is 0.294 e. The molecule has 1 saturated carbocycles. The standard InChI is InChI=1S/C21H19ClN2O2/c22-15-10-8-14(9-11-15)18-13-17-7-3-4-12-24(17)19(18)20(25)21(26)23-16-5-1-2-6-16/h3-4,7-13,16H,1-2,5-6H2,(H,23,26). The first-order valence-electron chi connectivity index (χ1n) is 8.85. The summed E-state index contributed by atoms with van der Waals surface area (Å²) >= 11 is 5.99. The number of hydrogen-bond donors (Lipinski definition) is 1. The quantitative estimate of drug-likeness (QED) is 0.546. The summed E-state index contributed by atoms with van der Waals surface area (Å²) in [5.41, 5.74) is 2.85. The van der Waals surface area contributed by atoms with E-state index in [1.165, 1.54) is 0 Å². The van der Waals surface area contributed by atoms with Gasteiger partial charge in [-0.1, -0.05) is 42.6 Å². The van der Waals surface area contributed by atoms with Crippen molar-refractivity contribution in [3.63, 3.8) is 0 Å². The van der Waals surface area contributed by atoms with E-state index in [9.17, 15) is 9.59 Å². The van der Waals surface area contributed by atoms with Crippen molar-refractivity contribution in [1.29, 1.82) is 0 Å². The molecule has 2 heterocycles. The third-order valence-corrected chi connectivity index (χ3v) is 5.20. The molecule has 0 unspecified atom stereocenters. The Morgan fingerprint density at radius 1 is 1.04 bits per heavy atom. The van der Waals surface area contributed by atoms with Crippen molar-refractivity contribution in [2.45, 2.75) is 31.7 Å². The lowest BCUT2D eigenvalue weighted by molar-refractivity contribution is -0.117. The topological polar surface area (TPSA) is 50.6 Å². The maximum atomic E-state index is 13.0. The van der Waals surface area contributed by atoms with E-state index in [2.05, 4.69) is 5.32 Å². The maximum absolute atomic E-state index is 13.0. The SMILES string of the molecule is O=C(NC1CCCC1)C(=O)c1c(-c2ccc(Cl)cc2)cc2ccccn12. The first-order valence-corrected chi connectivity index (χ1v) is 9.22. The van der Waals surface area contributed by atoms with Gasteiger partial charge in [0.2, 0.25) is 0 Å². The second kappa shape index (κ2) is 6.96. The van der Waals surface area contributed by atoms with Crippen LogP contribution in [0.25, 0.3) is 16.6 Å². The number of halogens is 1. The molecule has 1 aromatic carbocycles. The number of amides is 1. The molecule has 1 aliphatic carbocycles. The Morgan fingerprint density at radius 3 is 2.50 bits per heavy atom. The average Bonchev–Trinajstić information content (AvgIpc) is 3.29. The molecule has 1 N–H and O–H groups in total. The van der Waals surface area contributed by atoms with Crippen LogP contribution in [0.2, 0.25) is 5.02 Å². The molecule has 0 atom stereocenters. The van der Waals surface area contributed by atoms with Gasteiger partial charge in [0.05, 0.1) is 0 Å². The molecule has 0 spiro atoms. The number of carbonyl (C=O) groups is 2. The van der Waals surface area contributed by atoms with E-state index < -0.39 is 11.7 Å². The third-order valence-electron chi connectivity index (χ3n) is 4.95. The molecule has 132 valence electrons. The minimum Gasteiger partial charge on any atom is -0.346 e. The van der Waals surface area contributed by atoms with Gasteiger partial charge < -0.3 is 9.72 Å². The molecule has 4 nitrogen and oxygen atoms in total. The summed E-state index contributed by atoms with van der Waals surface area (Å²) in [5, 5.41) is 3.53. The number of aromatic nitrogens is 1. The molecule has 4 rings (SSSR count). The van der Waals surface area contributed by atoms with Crippen molar-refractivity contribution in [3.05, 3.63) is 65.4 Å². The van der Waals surface area contributed by atoms with Gasteiger partial charge in [-0.3, -0.25) is 9.59 Å². The largest absolute Gasteiger partial charge is 0.346 e. The van der Waals surface area contributed by atoms with Gasteiger partial charge in [0, 0.05) is 28.3 Å².